The third-order valence-electron chi connectivity index (χ3n) is 5.10. The summed E-state index contributed by atoms with van der Waals surface area (Å²) in [7, 11) is 0. The maximum absolute atomic E-state index is 11.4. The van der Waals surface area contributed by atoms with Crippen LogP contribution in [-0.4, -0.2) is 28.9 Å². The number of nitrogens with two attached hydrogens (primary N) is 1. The highest BCUT2D eigenvalue weighted by Gasteiger charge is 2.25. The van der Waals surface area contributed by atoms with Crippen molar-refractivity contribution in [1.29, 1.82) is 0 Å². The molecule has 1 aliphatic heterocycles. The van der Waals surface area contributed by atoms with Crippen LogP contribution in [0.1, 0.15) is 33.8 Å². The summed E-state index contributed by atoms with van der Waals surface area (Å²) < 4.78 is 5.86. The normalized spacial score (nSPS) is 17.4. The van der Waals surface area contributed by atoms with Crippen LogP contribution in [-0.2, 0) is 13.0 Å². The van der Waals surface area contributed by atoms with Gasteiger partial charge in [-0.15, -0.1) is 11.3 Å². The molecule has 1 aromatic carbocycles. The number of hydrogen-bond donors (Lipinski definition) is 1. The van der Waals surface area contributed by atoms with Crippen molar-refractivity contribution < 1.29 is 9.21 Å². The zero-order valence-corrected chi connectivity index (χ0v) is 16.2. The predicted octanol–water partition coefficient (Wildman–Crippen LogP) is 3.88. The van der Waals surface area contributed by atoms with Gasteiger partial charge in [0.1, 0.15) is 5.76 Å². The van der Waals surface area contributed by atoms with E-state index in [-0.39, 0.29) is 5.91 Å². The molecule has 1 aliphatic rings. The van der Waals surface area contributed by atoms with E-state index in [1.165, 1.54) is 5.56 Å². The lowest BCUT2D eigenvalue weighted by Crippen LogP contribution is -2.21. The zero-order valence-electron chi connectivity index (χ0n) is 15.4. The number of amides is 1. The van der Waals surface area contributed by atoms with Crippen LogP contribution in [0.2, 0.25) is 0 Å². The van der Waals surface area contributed by atoms with Crippen molar-refractivity contribution in [3.05, 3.63) is 64.4 Å². The molecule has 1 amide bonds. The summed E-state index contributed by atoms with van der Waals surface area (Å²) in [5, 5.41) is 2.03. The Bertz CT molecular complexity index is 933. The SMILES string of the molecule is Cc1oc(-c2cccs2)nc1CN1CC[C@@H](Cc2cccc(C(N)=O)c2)C1. The lowest BCUT2D eigenvalue weighted by Gasteiger charge is -2.15. The molecule has 1 fully saturated rings. The fourth-order valence-electron chi connectivity index (χ4n) is 3.70. The molecule has 2 N–H and O–H groups in total. The second kappa shape index (κ2) is 7.66. The number of aryl methyl sites for hydroxylation is 1. The molecule has 0 radical (unpaired) electrons. The monoisotopic (exact) mass is 381 g/mol. The van der Waals surface area contributed by atoms with Crippen LogP contribution in [0.5, 0.6) is 0 Å². The van der Waals surface area contributed by atoms with E-state index in [1.807, 2.05) is 36.6 Å². The summed E-state index contributed by atoms with van der Waals surface area (Å²) in [6.07, 6.45) is 2.12. The van der Waals surface area contributed by atoms with E-state index in [1.54, 1.807) is 17.4 Å². The number of thiophene rings is 1. The Balaban J connectivity index is 1.38. The molecule has 6 heteroatoms. The molecule has 0 saturated carbocycles. The maximum atomic E-state index is 11.4. The summed E-state index contributed by atoms with van der Waals surface area (Å²) in [5.74, 6) is 1.83. The van der Waals surface area contributed by atoms with E-state index in [0.29, 0.717) is 11.5 Å². The molecule has 1 atom stereocenters. The van der Waals surface area contributed by atoms with Crippen molar-refractivity contribution in [2.45, 2.75) is 26.3 Å². The molecule has 0 unspecified atom stereocenters. The Hall–Kier alpha value is -2.44. The van der Waals surface area contributed by atoms with Gasteiger partial charge in [-0.1, -0.05) is 18.2 Å². The van der Waals surface area contributed by atoms with E-state index in [9.17, 15) is 4.79 Å². The molecule has 0 aliphatic carbocycles. The topological polar surface area (TPSA) is 72.4 Å². The van der Waals surface area contributed by atoms with Crippen LogP contribution >= 0.6 is 11.3 Å². The minimum Gasteiger partial charge on any atom is -0.440 e. The Morgan fingerprint density at radius 2 is 2.26 bits per heavy atom. The standard InChI is InChI=1S/C21H23N3O2S/c1-14-18(23-21(26-14)19-6-3-9-27-19)13-24-8-7-16(12-24)10-15-4-2-5-17(11-15)20(22)25/h2-6,9,11,16H,7-8,10,12-13H2,1H3,(H2,22,25)/t16-/m0/s1. The average molecular weight is 382 g/mol. The molecule has 2 aromatic heterocycles. The Morgan fingerprint density at radius 3 is 3.04 bits per heavy atom. The number of nitrogens with zero attached hydrogens (tertiary/aromatic N) is 2. The first kappa shape index (κ1) is 17.9. The van der Waals surface area contributed by atoms with Gasteiger partial charge in [0.05, 0.1) is 10.6 Å². The predicted molar refractivity (Wildman–Crippen MR) is 107 cm³/mol. The summed E-state index contributed by atoms with van der Waals surface area (Å²) >= 11 is 1.64. The number of primary amides is 1. The first-order valence-corrected chi connectivity index (χ1v) is 10.1. The van der Waals surface area contributed by atoms with E-state index in [2.05, 4.69) is 11.0 Å². The second-order valence-corrected chi connectivity index (χ2v) is 8.11. The quantitative estimate of drug-likeness (QED) is 0.703. The molecule has 3 aromatic rings. The van der Waals surface area contributed by atoms with E-state index >= 15 is 0 Å². The molecule has 27 heavy (non-hydrogen) atoms. The number of carbonyl (C=O) groups is 1. The van der Waals surface area contributed by atoms with Crippen molar-refractivity contribution in [2.75, 3.05) is 13.1 Å². The van der Waals surface area contributed by atoms with Crippen LogP contribution in [0.25, 0.3) is 10.8 Å². The van der Waals surface area contributed by atoms with Crippen LogP contribution in [0.4, 0.5) is 0 Å². The summed E-state index contributed by atoms with van der Waals surface area (Å²) in [4.78, 5) is 19.6. The molecule has 4 rings (SSSR count). The van der Waals surface area contributed by atoms with Gasteiger partial charge in [-0.25, -0.2) is 4.98 Å². The second-order valence-electron chi connectivity index (χ2n) is 7.16. The fourth-order valence-corrected chi connectivity index (χ4v) is 4.35. The Labute approximate surface area is 162 Å². The van der Waals surface area contributed by atoms with Crippen LogP contribution in [0, 0.1) is 12.8 Å². The largest absolute Gasteiger partial charge is 0.440 e. The number of oxazole rings is 1. The average Bonchev–Trinajstić information content (AvgIpc) is 3.38. The highest BCUT2D eigenvalue weighted by Crippen LogP contribution is 2.28. The van der Waals surface area contributed by atoms with Gasteiger partial charge in [0.15, 0.2) is 0 Å². The number of likely N-dealkylation sites (tertiary alicyclic amines) is 1. The van der Waals surface area contributed by atoms with Gasteiger partial charge in [0, 0.05) is 18.7 Å². The summed E-state index contributed by atoms with van der Waals surface area (Å²) in [5.41, 5.74) is 8.17. The first-order chi connectivity index (χ1) is 13.1. The molecule has 1 saturated heterocycles. The highest BCUT2D eigenvalue weighted by atomic mass is 32.1. The number of carbonyl (C=O) groups excluding carboxylic acids is 1. The fraction of sp³-hybridized carbons (Fsp3) is 0.333. The molecule has 140 valence electrons. The van der Waals surface area contributed by atoms with E-state index in [4.69, 9.17) is 15.1 Å². The molecule has 5 nitrogen and oxygen atoms in total. The van der Waals surface area contributed by atoms with Crippen molar-refractivity contribution in [2.24, 2.45) is 11.7 Å². The molecule has 0 spiro atoms. The van der Waals surface area contributed by atoms with Crippen molar-refractivity contribution in [3.8, 4) is 10.8 Å². The Morgan fingerprint density at radius 1 is 1.37 bits per heavy atom. The number of aromatic nitrogens is 1. The molecule has 3 heterocycles. The van der Waals surface area contributed by atoms with Crippen LogP contribution in [0.15, 0.2) is 46.2 Å². The maximum Gasteiger partial charge on any atom is 0.248 e. The first-order valence-electron chi connectivity index (χ1n) is 9.20. The Kier molecular flexibility index (Phi) is 5.09. The lowest BCUT2D eigenvalue weighted by molar-refractivity contribution is 0.1000. The van der Waals surface area contributed by atoms with E-state index in [0.717, 1.165) is 54.7 Å². The van der Waals surface area contributed by atoms with Gasteiger partial charge in [0.2, 0.25) is 11.8 Å². The lowest BCUT2D eigenvalue weighted by atomic mass is 9.97. The molecular weight excluding hydrogens is 358 g/mol. The van der Waals surface area contributed by atoms with Crippen LogP contribution in [0.3, 0.4) is 0 Å². The summed E-state index contributed by atoms with van der Waals surface area (Å²) in [6, 6.07) is 11.7. The van der Waals surface area contributed by atoms with Gasteiger partial charge in [-0.2, -0.15) is 0 Å². The van der Waals surface area contributed by atoms with Gasteiger partial charge in [-0.3, -0.25) is 9.69 Å². The smallest absolute Gasteiger partial charge is 0.248 e. The summed E-state index contributed by atoms with van der Waals surface area (Å²) in [6.45, 7) is 4.89. The highest BCUT2D eigenvalue weighted by molar-refractivity contribution is 7.13. The number of benzene rings is 1. The van der Waals surface area contributed by atoms with Crippen molar-refractivity contribution in [1.82, 2.24) is 9.88 Å². The van der Waals surface area contributed by atoms with Crippen molar-refractivity contribution >= 4 is 17.2 Å². The minimum absolute atomic E-state index is 0.368. The number of rotatable bonds is 6. The minimum atomic E-state index is -0.368. The van der Waals surface area contributed by atoms with Gasteiger partial charge in [-0.05, 0) is 61.4 Å². The van der Waals surface area contributed by atoms with Gasteiger partial charge in [0.25, 0.3) is 0 Å². The van der Waals surface area contributed by atoms with Gasteiger partial charge >= 0.3 is 0 Å². The zero-order chi connectivity index (χ0) is 18.8. The van der Waals surface area contributed by atoms with E-state index < -0.39 is 0 Å². The number of hydrogen-bond acceptors (Lipinski definition) is 5. The third kappa shape index (κ3) is 4.12. The third-order valence-corrected chi connectivity index (χ3v) is 5.96. The van der Waals surface area contributed by atoms with Gasteiger partial charge < -0.3 is 10.2 Å². The molecule has 0 bridgehead atoms. The van der Waals surface area contributed by atoms with Crippen LogP contribution < -0.4 is 5.73 Å². The van der Waals surface area contributed by atoms with Crippen molar-refractivity contribution in [3.63, 3.8) is 0 Å². The molecular formula is C21H23N3O2S.